The van der Waals surface area contributed by atoms with Gasteiger partial charge in [0.2, 0.25) is 0 Å². The second kappa shape index (κ2) is 11.5. The summed E-state index contributed by atoms with van der Waals surface area (Å²) < 4.78 is 0. The van der Waals surface area contributed by atoms with Crippen LogP contribution in [0.1, 0.15) is 23.6 Å². The Morgan fingerprint density at radius 2 is 0.793 bits per heavy atom. The molecule has 0 saturated heterocycles. The molecule has 0 fully saturated rings. The van der Waals surface area contributed by atoms with Gasteiger partial charge in [0.25, 0.3) is 0 Å². The van der Waals surface area contributed by atoms with Crippen LogP contribution in [0.4, 0.5) is 0 Å². The zero-order valence-electron chi connectivity index (χ0n) is 31.7. The molecule has 2 aliphatic carbocycles. The van der Waals surface area contributed by atoms with Crippen LogP contribution in [-0.4, -0.2) is 15.0 Å². The van der Waals surface area contributed by atoms with Crippen LogP contribution in [0.5, 0.6) is 0 Å². The summed E-state index contributed by atoms with van der Waals surface area (Å²) in [5.74, 6) is 1.98. The maximum atomic E-state index is 5.53. The summed E-state index contributed by atoms with van der Waals surface area (Å²) in [5.41, 5.74) is 11.8. The topological polar surface area (TPSA) is 38.7 Å². The third kappa shape index (κ3) is 4.15. The molecule has 1 atom stereocenters. The average Bonchev–Trinajstić information content (AvgIpc) is 3.56. The highest BCUT2D eigenvalue weighted by Crippen LogP contribution is 2.61. The molecule has 1 heterocycles. The molecule has 0 spiro atoms. The first kappa shape index (κ1) is 31.7. The van der Waals surface area contributed by atoms with Gasteiger partial charge < -0.3 is 0 Å². The molecule has 58 heavy (non-hydrogen) atoms. The van der Waals surface area contributed by atoms with E-state index >= 15 is 0 Å². The zero-order valence-corrected chi connectivity index (χ0v) is 31.7. The van der Waals surface area contributed by atoms with Crippen LogP contribution in [-0.2, 0) is 5.41 Å². The Bertz CT molecular complexity index is 3460. The molecule has 10 aromatic carbocycles. The van der Waals surface area contributed by atoms with Crippen molar-refractivity contribution in [2.24, 2.45) is 0 Å². The summed E-state index contributed by atoms with van der Waals surface area (Å²) in [6.45, 7) is 2.42. The van der Waals surface area contributed by atoms with Crippen LogP contribution in [0, 0.1) is 0 Å². The van der Waals surface area contributed by atoms with Gasteiger partial charge in [0.1, 0.15) is 0 Å². The first-order valence-electron chi connectivity index (χ1n) is 20.0. The van der Waals surface area contributed by atoms with Crippen molar-refractivity contribution in [1.29, 1.82) is 0 Å². The Morgan fingerprint density at radius 1 is 0.328 bits per heavy atom. The number of rotatable bonds is 3. The molecule has 0 aliphatic heterocycles. The maximum Gasteiger partial charge on any atom is 0.164 e. The average molecular weight is 736 g/mol. The number of benzene rings is 10. The molecule has 1 unspecified atom stereocenters. The van der Waals surface area contributed by atoms with Crippen molar-refractivity contribution in [3.8, 4) is 56.4 Å². The smallest absolute Gasteiger partial charge is 0.164 e. The molecular formula is C55H33N3. The van der Waals surface area contributed by atoms with E-state index in [0.717, 1.165) is 38.2 Å². The van der Waals surface area contributed by atoms with Gasteiger partial charge in [0.15, 0.2) is 17.5 Å². The van der Waals surface area contributed by atoms with Gasteiger partial charge in [-0.25, -0.2) is 15.0 Å². The second-order valence-electron chi connectivity index (χ2n) is 16.0. The molecule has 0 amide bonds. The lowest BCUT2D eigenvalue weighted by Gasteiger charge is -2.36. The fourth-order valence-corrected chi connectivity index (χ4v) is 10.6. The molecule has 0 bridgehead atoms. The van der Waals surface area contributed by atoms with E-state index in [9.17, 15) is 0 Å². The Balaban J connectivity index is 1.17. The number of nitrogens with zero attached hydrogens (tertiary/aromatic N) is 3. The van der Waals surface area contributed by atoms with Crippen LogP contribution < -0.4 is 0 Å². The molecule has 0 saturated carbocycles. The summed E-state index contributed by atoms with van der Waals surface area (Å²) in [5, 5.41) is 11.8. The van der Waals surface area contributed by atoms with Crippen LogP contribution in [0.2, 0.25) is 0 Å². The lowest BCUT2D eigenvalue weighted by molar-refractivity contribution is 0.719. The highest BCUT2D eigenvalue weighted by Gasteiger charge is 2.46. The molecule has 0 N–H and O–H groups in total. The SMILES string of the molecule is CC12c3ccccc3-c3cccc(c31)-c1c(-c3nc(-c4cc5ccccc5c5ccccc45)nc(-c4cc5ccccc5c5ccccc45)n3)ccc3cccc2c13. The largest absolute Gasteiger partial charge is 0.208 e. The minimum Gasteiger partial charge on any atom is -0.208 e. The molecule has 13 rings (SSSR count). The minimum absolute atomic E-state index is 0.295. The predicted molar refractivity (Wildman–Crippen MR) is 240 cm³/mol. The standard InChI is InChI=1S/C55H33N3/c1-55-47-26-11-10-23-41(47)42-24-13-25-43(51(42)55)50-44(29-28-32-16-12-27-48(55)49(32)50)52-56-53(45-30-33-14-2-4-17-35(33)37-19-6-8-21-39(37)45)58-54(57-52)46-31-34-15-3-5-18-36(34)38-20-7-9-22-40(38)46/h2-31H,1H3. The van der Waals surface area contributed by atoms with Crippen LogP contribution in [0.25, 0.3) is 110 Å². The van der Waals surface area contributed by atoms with E-state index in [1.165, 1.54) is 71.3 Å². The van der Waals surface area contributed by atoms with Crippen molar-refractivity contribution in [2.75, 3.05) is 0 Å². The molecule has 3 heteroatoms. The fourth-order valence-electron chi connectivity index (χ4n) is 10.6. The van der Waals surface area contributed by atoms with E-state index in [1.807, 2.05) is 0 Å². The predicted octanol–water partition coefficient (Wildman–Crippen LogP) is 14.0. The van der Waals surface area contributed by atoms with Crippen LogP contribution in [0.3, 0.4) is 0 Å². The fraction of sp³-hybridized carbons (Fsp3) is 0.0364. The summed E-state index contributed by atoms with van der Waals surface area (Å²) in [6.07, 6.45) is 0. The van der Waals surface area contributed by atoms with Gasteiger partial charge in [-0.2, -0.15) is 0 Å². The van der Waals surface area contributed by atoms with E-state index in [4.69, 9.17) is 15.0 Å². The molecule has 3 nitrogen and oxygen atoms in total. The quantitative estimate of drug-likeness (QED) is 0.170. The van der Waals surface area contributed by atoms with E-state index in [-0.39, 0.29) is 5.41 Å². The molecule has 0 radical (unpaired) electrons. The van der Waals surface area contributed by atoms with Crippen LogP contribution >= 0.6 is 0 Å². The first-order chi connectivity index (χ1) is 28.6. The number of aromatic nitrogens is 3. The normalized spacial score (nSPS) is 15.1. The third-order valence-electron chi connectivity index (χ3n) is 13.1. The van der Waals surface area contributed by atoms with Gasteiger partial charge in [-0.05, 0) is 112 Å². The van der Waals surface area contributed by atoms with Crippen molar-refractivity contribution in [1.82, 2.24) is 15.0 Å². The molecule has 2 aliphatic rings. The summed E-state index contributed by atoms with van der Waals surface area (Å²) in [6, 6.07) is 66.1. The third-order valence-corrected chi connectivity index (χ3v) is 13.1. The highest BCUT2D eigenvalue weighted by molar-refractivity contribution is 6.16. The monoisotopic (exact) mass is 735 g/mol. The number of hydrogen-bond acceptors (Lipinski definition) is 3. The molecule has 1 aromatic heterocycles. The van der Waals surface area contributed by atoms with Crippen LogP contribution in [0.15, 0.2) is 182 Å². The van der Waals surface area contributed by atoms with E-state index in [1.54, 1.807) is 0 Å². The summed E-state index contributed by atoms with van der Waals surface area (Å²) >= 11 is 0. The van der Waals surface area contributed by atoms with Crippen molar-refractivity contribution in [3.05, 3.63) is 199 Å². The van der Waals surface area contributed by atoms with Gasteiger partial charge in [0.05, 0.1) is 0 Å². The lowest BCUT2D eigenvalue weighted by Crippen LogP contribution is -2.26. The molecular weight excluding hydrogens is 703 g/mol. The van der Waals surface area contributed by atoms with E-state index in [2.05, 4.69) is 189 Å². The van der Waals surface area contributed by atoms with Crippen molar-refractivity contribution < 1.29 is 0 Å². The van der Waals surface area contributed by atoms with Gasteiger partial charge >= 0.3 is 0 Å². The van der Waals surface area contributed by atoms with E-state index in [0.29, 0.717) is 17.5 Å². The maximum absolute atomic E-state index is 5.53. The Kier molecular flexibility index (Phi) is 6.30. The molecule has 11 aromatic rings. The van der Waals surface area contributed by atoms with E-state index < -0.39 is 0 Å². The lowest BCUT2D eigenvalue weighted by atomic mass is 9.65. The van der Waals surface area contributed by atoms with Gasteiger partial charge in [-0.3, -0.25) is 0 Å². The summed E-state index contributed by atoms with van der Waals surface area (Å²) in [7, 11) is 0. The highest BCUT2D eigenvalue weighted by atomic mass is 15.0. The van der Waals surface area contributed by atoms with Gasteiger partial charge in [-0.1, -0.05) is 164 Å². The number of fused-ring (bicyclic) bond motifs is 11. The zero-order chi connectivity index (χ0) is 38.1. The second-order valence-corrected chi connectivity index (χ2v) is 16.0. The Hall–Kier alpha value is -7.49. The Morgan fingerprint density at radius 3 is 1.45 bits per heavy atom. The summed E-state index contributed by atoms with van der Waals surface area (Å²) in [4.78, 5) is 16.5. The van der Waals surface area contributed by atoms with Crippen molar-refractivity contribution in [2.45, 2.75) is 12.3 Å². The first-order valence-corrected chi connectivity index (χ1v) is 20.0. The van der Waals surface area contributed by atoms with Gasteiger partial charge in [0, 0.05) is 27.7 Å². The number of hydrogen-bond donors (Lipinski definition) is 0. The minimum atomic E-state index is -0.295. The Labute approximate surface area is 335 Å². The molecule has 268 valence electrons. The van der Waals surface area contributed by atoms with Gasteiger partial charge in [-0.15, -0.1) is 0 Å². The van der Waals surface area contributed by atoms with Crippen molar-refractivity contribution in [3.63, 3.8) is 0 Å². The van der Waals surface area contributed by atoms with Crippen molar-refractivity contribution >= 4 is 53.9 Å².